The maximum atomic E-state index is 6.01. The van der Waals surface area contributed by atoms with E-state index in [1.807, 2.05) is 44.2 Å². The van der Waals surface area contributed by atoms with E-state index in [-0.39, 0.29) is 30.1 Å². The molecule has 0 bridgehead atoms. The van der Waals surface area contributed by atoms with Crippen molar-refractivity contribution in [3.63, 3.8) is 0 Å². The normalized spacial score (nSPS) is 12.4. The summed E-state index contributed by atoms with van der Waals surface area (Å²) in [6.07, 6.45) is 1.20. The Morgan fingerprint density at radius 3 is 2.28 bits per heavy atom. The van der Waals surface area contributed by atoms with E-state index in [9.17, 15) is 0 Å². The van der Waals surface area contributed by atoms with Crippen LogP contribution in [0, 0.1) is 0 Å². The zero-order valence-corrected chi connectivity index (χ0v) is 17.4. The maximum absolute atomic E-state index is 6.01. The van der Waals surface area contributed by atoms with Gasteiger partial charge in [0, 0.05) is 18.2 Å². The first-order valence-electron chi connectivity index (χ1n) is 8.47. The molecule has 2 aromatic carbocycles. The topological polar surface area (TPSA) is 59.6 Å². The molecule has 0 heterocycles. The summed E-state index contributed by atoms with van der Waals surface area (Å²) < 4.78 is 5.63. The highest BCUT2D eigenvalue weighted by Gasteiger charge is 2.08. The van der Waals surface area contributed by atoms with Gasteiger partial charge in [-0.25, -0.2) is 0 Å². The lowest BCUT2D eigenvalue weighted by atomic mass is 9.97. The molecular weight excluding hydrogens is 425 g/mol. The van der Waals surface area contributed by atoms with Crippen LogP contribution < -0.4 is 15.8 Å². The summed E-state index contributed by atoms with van der Waals surface area (Å²) >= 11 is 0. The largest absolute Gasteiger partial charge is 0.491 e. The molecule has 2 rings (SSSR count). The number of aliphatic imine (C=N–C) groups is 1. The van der Waals surface area contributed by atoms with Crippen LogP contribution in [-0.2, 0) is 0 Å². The first kappa shape index (κ1) is 21.3. The highest BCUT2D eigenvalue weighted by Crippen LogP contribution is 2.20. The van der Waals surface area contributed by atoms with E-state index in [0.717, 1.165) is 17.9 Å². The molecule has 25 heavy (non-hydrogen) atoms. The van der Waals surface area contributed by atoms with Crippen LogP contribution in [0.1, 0.15) is 38.7 Å². The molecule has 0 radical (unpaired) electrons. The van der Waals surface area contributed by atoms with Crippen molar-refractivity contribution in [2.75, 3.05) is 11.9 Å². The van der Waals surface area contributed by atoms with Gasteiger partial charge in [-0.2, -0.15) is 0 Å². The van der Waals surface area contributed by atoms with Crippen molar-refractivity contribution in [1.29, 1.82) is 0 Å². The lowest BCUT2D eigenvalue weighted by molar-refractivity contribution is 0.242. The number of hydrogen-bond donors (Lipinski definition) is 2. The number of benzene rings is 2. The number of halogens is 1. The van der Waals surface area contributed by atoms with Crippen molar-refractivity contribution in [2.24, 2.45) is 10.7 Å². The van der Waals surface area contributed by atoms with Gasteiger partial charge in [-0.1, -0.05) is 37.3 Å². The third kappa shape index (κ3) is 7.34. The van der Waals surface area contributed by atoms with E-state index in [2.05, 4.69) is 41.5 Å². The van der Waals surface area contributed by atoms with E-state index in [1.165, 1.54) is 5.56 Å². The van der Waals surface area contributed by atoms with Gasteiger partial charge < -0.3 is 15.8 Å². The van der Waals surface area contributed by atoms with Crippen molar-refractivity contribution in [2.45, 2.75) is 39.2 Å². The van der Waals surface area contributed by atoms with Gasteiger partial charge in [-0.05, 0) is 50.1 Å². The Morgan fingerprint density at radius 2 is 1.72 bits per heavy atom. The standard InChI is InChI=1S/C20H27N3O.HI/c1-4-16(17-8-6-5-7-9-17)14-22-20(21)23-18-10-12-19(13-11-18)24-15(2)3;/h5-13,15-16H,4,14H2,1-3H3,(H3,21,22,23);1H. The fourth-order valence-corrected chi connectivity index (χ4v) is 2.48. The molecule has 4 nitrogen and oxygen atoms in total. The van der Waals surface area contributed by atoms with Crippen molar-refractivity contribution < 1.29 is 4.74 Å². The first-order valence-corrected chi connectivity index (χ1v) is 8.47. The SMILES string of the molecule is CCC(CN=C(N)Nc1ccc(OC(C)C)cc1)c1ccccc1.I. The molecule has 0 saturated heterocycles. The predicted octanol–water partition coefficient (Wildman–Crippen LogP) is 5.01. The molecule has 0 saturated carbocycles. The predicted molar refractivity (Wildman–Crippen MR) is 117 cm³/mol. The number of nitrogens with zero attached hydrogens (tertiary/aromatic N) is 1. The van der Waals surface area contributed by atoms with E-state index in [0.29, 0.717) is 18.4 Å². The second kappa shape index (κ2) is 11.0. The smallest absolute Gasteiger partial charge is 0.193 e. The number of anilines is 1. The van der Waals surface area contributed by atoms with Gasteiger partial charge in [0.05, 0.1) is 6.10 Å². The molecular formula is C20H28IN3O. The van der Waals surface area contributed by atoms with Gasteiger partial charge in [-0.3, -0.25) is 4.99 Å². The van der Waals surface area contributed by atoms with Crippen molar-refractivity contribution in [3.8, 4) is 5.75 Å². The summed E-state index contributed by atoms with van der Waals surface area (Å²) in [6, 6.07) is 18.2. The van der Waals surface area contributed by atoms with Crippen LogP contribution in [0.15, 0.2) is 59.6 Å². The van der Waals surface area contributed by atoms with Crippen LogP contribution >= 0.6 is 24.0 Å². The van der Waals surface area contributed by atoms with E-state index < -0.39 is 0 Å². The molecule has 3 N–H and O–H groups in total. The molecule has 0 amide bonds. The van der Waals surface area contributed by atoms with Crippen molar-refractivity contribution in [3.05, 3.63) is 60.2 Å². The minimum absolute atomic E-state index is 0. The van der Waals surface area contributed by atoms with E-state index in [4.69, 9.17) is 10.5 Å². The van der Waals surface area contributed by atoms with Gasteiger partial charge in [0.1, 0.15) is 5.75 Å². The second-order valence-electron chi connectivity index (χ2n) is 6.06. The summed E-state index contributed by atoms with van der Waals surface area (Å²) in [7, 11) is 0. The average Bonchev–Trinajstić information content (AvgIpc) is 2.58. The number of rotatable bonds is 7. The molecule has 0 spiro atoms. The molecule has 0 fully saturated rings. The molecule has 0 aliphatic carbocycles. The monoisotopic (exact) mass is 453 g/mol. The lowest BCUT2D eigenvalue weighted by Gasteiger charge is -2.14. The van der Waals surface area contributed by atoms with Gasteiger partial charge in [0.2, 0.25) is 0 Å². The number of nitrogens with two attached hydrogens (primary N) is 1. The summed E-state index contributed by atoms with van der Waals surface area (Å²) in [5.74, 6) is 1.66. The molecule has 136 valence electrons. The highest BCUT2D eigenvalue weighted by molar-refractivity contribution is 14.0. The number of guanidine groups is 1. The summed E-state index contributed by atoms with van der Waals surface area (Å²) in [4.78, 5) is 4.49. The van der Waals surface area contributed by atoms with Crippen LogP contribution in [-0.4, -0.2) is 18.6 Å². The molecule has 1 unspecified atom stereocenters. The van der Waals surface area contributed by atoms with Crippen LogP contribution in [0.4, 0.5) is 5.69 Å². The van der Waals surface area contributed by atoms with Crippen LogP contribution in [0.25, 0.3) is 0 Å². The summed E-state index contributed by atoms with van der Waals surface area (Å²) in [5.41, 5.74) is 8.21. The lowest BCUT2D eigenvalue weighted by Crippen LogP contribution is -2.23. The van der Waals surface area contributed by atoms with Gasteiger partial charge in [0.15, 0.2) is 5.96 Å². The zero-order valence-electron chi connectivity index (χ0n) is 15.1. The summed E-state index contributed by atoms with van der Waals surface area (Å²) in [6.45, 7) is 6.86. The number of ether oxygens (including phenoxy) is 1. The molecule has 5 heteroatoms. The summed E-state index contributed by atoms with van der Waals surface area (Å²) in [5, 5.41) is 3.13. The Bertz CT molecular complexity index is 642. The van der Waals surface area contributed by atoms with Gasteiger partial charge in [-0.15, -0.1) is 24.0 Å². The van der Waals surface area contributed by atoms with E-state index in [1.54, 1.807) is 0 Å². The van der Waals surface area contributed by atoms with Gasteiger partial charge >= 0.3 is 0 Å². The Labute approximate surface area is 167 Å². The Balaban J connectivity index is 0.00000312. The fourth-order valence-electron chi connectivity index (χ4n) is 2.48. The zero-order chi connectivity index (χ0) is 17.4. The van der Waals surface area contributed by atoms with Crippen molar-refractivity contribution in [1.82, 2.24) is 0 Å². The highest BCUT2D eigenvalue weighted by atomic mass is 127. The quantitative estimate of drug-likeness (QED) is 0.352. The van der Waals surface area contributed by atoms with E-state index >= 15 is 0 Å². The molecule has 0 aliphatic rings. The molecule has 0 aromatic heterocycles. The van der Waals surface area contributed by atoms with Crippen molar-refractivity contribution >= 4 is 35.6 Å². The average molecular weight is 453 g/mol. The Hall–Kier alpha value is -1.76. The number of hydrogen-bond acceptors (Lipinski definition) is 2. The number of nitrogens with one attached hydrogen (secondary N) is 1. The maximum Gasteiger partial charge on any atom is 0.193 e. The molecule has 0 aliphatic heterocycles. The minimum Gasteiger partial charge on any atom is -0.491 e. The fraction of sp³-hybridized carbons (Fsp3) is 0.350. The molecule has 2 aromatic rings. The Kier molecular flexibility index (Phi) is 9.34. The third-order valence-corrected chi connectivity index (χ3v) is 3.74. The van der Waals surface area contributed by atoms with Crippen LogP contribution in [0.3, 0.4) is 0 Å². The molecule has 1 atom stereocenters. The van der Waals surface area contributed by atoms with Crippen LogP contribution in [0.5, 0.6) is 5.75 Å². The minimum atomic E-state index is 0. The third-order valence-electron chi connectivity index (χ3n) is 3.74. The Morgan fingerprint density at radius 1 is 1.08 bits per heavy atom. The first-order chi connectivity index (χ1) is 11.6. The van der Waals surface area contributed by atoms with Crippen LogP contribution in [0.2, 0.25) is 0 Å². The van der Waals surface area contributed by atoms with Gasteiger partial charge in [0.25, 0.3) is 0 Å². The second-order valence-corrected chi connectivity index (χ2v) is 6.06.